The third-order valence-electron chi connectivity index (χ3n) is 13.0. The Morgan fingerprint density at radius 1 is 0.783 bits per heavy atom. The minimum Gasteiger partial charge on any atom is -0.495 e. The lowest BCUT2D eigenvalue weighted by Crippen LogP contribution is -2.74. The van der Waals surface area contributed by atoms with E-state index in [1.807, 2.05) is 36.4 Å². The molecule has 1 atom stereocenters. The predicted molar refractivity (Wildman–Crippen MR) is 231 cm³/mol. The van der Waals surface area contributed by atoms with E-state index in [4.69, 9.17) is 20.6 Å². The molecule has 7 rings (SSSR count). The van der Waals surface area contributed by atoms with Gasteiger partial charge >= 0.3 is 0 Å². The normalized spacial score (nSPS) is 22.8. The molecule has 4 amide bonds. The van der Waals surface area contributed by atoms with E-state index in [2.05, 4.69) is 76.4 Å². The van der Waals surface area contributed by atoms with Crippen molar-refractivity contribution in [1.82, 2.24) is 20.9 Å². The molecule has 1 saturated carbocycles. The van der Waals surface area contributed by atoms with Crippen molar-refractivity contribution < 1.29 is 33.4 Å². The number of anilines is 2. The molecule has 0 spiro atoms. The number of ether oxygens (including phenoxy) is 3. The highest BCUT2D eigenvalue weighted by Crippen LogP contribution is 2.55. The zero-order valence-electron chi connectivity index (χ0n) is 35.6. The molecule has 0 bridgehead atoms. The van der Waals surface area contributed by atoms with Crippen LogP contribution in [0.25, 0.3) is 0 Å². The summed E-state index contributed by atoms with van der Waals surface area (Å²) in [7, 11) is 3.19. The van der Waals surface area contributed by atoms with Crippen LogP contribution in [0.3, 0.4) is 0 Å². The van der Waals surface area contributed by atoms with Crippen molar-refractivity contribution in [1.29, 1.82) is 0 Å². The van der Waals surface area contributed by atoms with Crippen LogP contribution >= 0.6 is 0 Å². The summed E-state index contributed by atoms with van der Waals surface area (Å²) in [5.74, 6) is 3.86. The first-order chi connectivity index (χ1) is 28.7. The molecular weight excluding hydrogens is 761 g/mol. The molecule has 3 heterocycles. The second-order valence-electron chi connectivity index (χ2n) is 17.7. The summed E-state index contributed by atoms with van der Waals surface area (Å²) in [6.45, 7) is 15.1. The topological polar surface area (TPSA) is 142 Å². The van der Waals surface area contributed by atoms with Crippen molar-refractivity contribution in [3.05, 3.63) is 77.4 Å². The Morgan fingerprint density at radius 3 is 2.07 bits per heavy atom. The van der Waals surface area contributed by atoms with Crippen molar-refractivity contribution in [2.24, 2.45) is 16.7 Å². The average molecular weight is 819 g/mol. The largest absolute Gasteiger partial charge is 0.495 e. The molecule has 0 aromatic heterocycles. The van der Waals surface area contributed by atoms with Gasteiger partial charge in [0.05, 0.1) is 25.5 Å². The lowest BCUT2D eigenvalue weighted by atomic mass is 9.49. The Kier molecular flexibility index (Phi) is 12.3. The number of benzene rings is 3. The third kappa shape index (κ3) is 8.75. The molecule has 3 aromatic carbocycles. The molecule has 3 aliphatic heterocycles. The first-order valence-corrected chi connectivity index (χ1v) is 21.0. The monoisotopic (exact) mass is 818 g/mol. The quantitative estimate of drug-likeness (QED) is 0.171. The Labute approximate surface area is 353 Å². The molecule has 318 valence electrons. The van der Waals surface area contributed by atoms with Crippen molar-refractivity contribution in [2.75, 3.05) is 69.8 Å². The first kappa shape index (κ1) is 42.4. The van der Waals surface area contributed by atoms with Crippen molar-refractivity contribution in [3.8, 4) is 29.6 Å². The minimum atomic E-state index is -0.736. The summed E-state index contributed by atoms with van der Waals surface area (Å²) >= 11 is 0. The Hall–Kier alpha value is -5.74. The molecule has 4 aliphatic rings. The van der Waals surface area contributed by atoms with Gasteiger partial charge in [-0.1, -0.05) is 33.6 Å². The summed E-state index contributed by atoms with van der Waals surface area (Å²) in [6, 6.07) is 18.0. The van der Waals surface area contributed by atoms with Gasteiger partial charge in [0.2, 0.25) is 11.8 Å². The average Bonchev–Trinajstić information content (AvgIpc) is 3.25. The van der Waals surface area contributed by atoms with Gasteiger partial charge in [-0.25, -0.2) is 0 Å². The maximum atomic E-state index is 13.6. The van der Waals surface area contributed by atoms with Crippen molar-refractivity contribution >= 4 is 35.0 Å². The van der Waals surface area contributed by atoms with Crippen LogP contribution in [-0.2, 0) is 9.59 Å². The minimum absolute atomic E-state index is 0.0881. The van der Waals surface area contributed by atoms with Gasteiger partial charge in [-0.05, 0) is 79.8 Å². The first-order valence-electron chi connectivity index (χ1n) is 21.0. The number of nitrogens with one attached hydrogen (secondary N) is 3. The van der Waals surface area contributed by atoms with Gasteiger partial charge in [0, 0.05) is 92.0 Å². The summed E-state index contributed by atoms with van der Waals surface area (Å²) in [4.78, 5) is 57.4. The fourth-order valence-electron chi connectivity index (χ4n) is 9.90. The summed E-state index contributed by atoms with van der Waals surface area (Å²) in [6.07, 6.45) is 8.16. The molecule has 60 heavy (non-hydrogen) atoms. The van der Waals surface area contributed by atoms with Gasteiger partial charge in [-0.3, -0.25) is 29.4 Å². The number of hydrogen-bond donors (Lipinski definition) is 3. The van der Waals surface area contributed by atoms with Crippen LogP contribution < -0.4 is 40.0 Å². The lowest BCUT2D eigenvalue weighted by molar-refractivity contribution is -0.164. The number of carbonyl (C=O) groups is 4. The zero-order chi connectivity index (χ0) is 42.8. The van der Waals surface area contributed by atoms with Gasteiger partial charge in [0.15, 0.2) is 0 Å². The van der Waals surface area contributed by atoms with E-state index in [0.29, 0.717) is 39.9 Å². The fraction of sp³-hybridized carbons (Fsp3) is 0.489. The van der Waals surface area contributed by atoms with E-state index in [0.717, 1.165) is 70.0 Å². The van der Waals surface area contributed by atoms with Crippen molar-refractivity contribution in [3.63, 3.8) is 0 Å². The number of carbonyl (C=O) groups excluding carboxylic acids is 4. The maximum Gasteiger partial charge on any atom is 0.252 e. The fourth-order valence-corrected chi connectivity index (χ4v) is 9.90. The van der Waals surface area contributed by atoms with Gasteiger partial charge < -0.3 is 34.6 Å². The van der Waals surface area contributed by atoms with E-state index in [1.54, 1.807) is 26.4 Å². The molecular formula is C47H58N6O7. The Morgan fingerprint density at radius 2 is 1.43 bits per heavy atom. The van der Waals surface area contributed by atoms with Crippen LogP contribution in [-0.4, -0.2) is 107 Å². The number of terminal acetylenes is 1. The number of imide groups is 1. The summed E-state index contributed by atoms with van der Waals surface area (Å²) < 4.78 is 17.6. The molecule has 0 radical (unpaired) electrons. The highest BCUT2D eigenvalue weighted by Gasteiger charge is 2.64. The van der Waals surface area contributed by atoms with Crippen LogP contribution in [0, 0.1) is 29.1 Å². The Balaban J connectivity index is 0.853. The number of methoxy groups -OCH3 is 2. The van der Waals surface area contributed by atoms with Gasteiger partial charge in [0.25, 0.3) is 11.8 Å². The number of amides is 4. The van der Waals surface area contributed by atoms with Crippen LogP contribution in [0.1, 0.15) is 79.7 Å². The molecule has 3 saturated heterocycles. The predicted octanol–water partition coefficient (Wildman–Crippen LogP) is 4.87. The van der Waals surface area contributed by atoms with Crippen LogP contribution in [0.2, 0.25) is 0 Å². The van der Waals surface area contributed by atoms with E-state index in [1.165, 1.54) is 0 Å². The maximum absolute atomic E-state index is 13.6. The molecule has 13 heteroatoms. The molecule has 4 fully saturated rings. The smallest absolute Gasteiger partial charge is 0.252 e. The van der Waals surface area contributed by atoms with Crippen LogP contribution in [0.4, 0.5) is 11.4 Å². The van der Waals surface area contributed by atoms with Crippen molar-refractivity contribution in [2.45, 2.75) is 71.6 Å². The third-order valence-corrected chi connectivity index (χ3v) is 13.0. The van der Waals surface area contributed by atoms with Crippen LogP contribution in [0.15, 0.2) is 60.7 Å². The molecule has 3 aromatic rings. The zero-order valence-corrected chi connectivity index (χ0v) is 35.6. The molecule has 13 nitrogen and oxygen atoms in total. The van der Waals surface area contributed by atoms with E-state index in [9.17, 15) is 19.2 Å². The lowest BCUT2D eigenvalue weighted by Gasteiger charge is -2.63. The number of piperidine rings is 2. The highest BCUT2D eigenvalue weighted by molar-refractivity contribution is 6.04. The molecule has 1 unspecified atom stereocenters. The van der Waals surface area contributed by atoms with E-state index < -0.39 is 11.9 Å². The summed E-state index contributed by atoms with van der Waals surface area (Å²) in [5, 5.41) is 8.33. The van der Waals surface area contributed by atoms with Gasteiger partial charge in [-0.15, -0.1) is 6.42 Å². The SMILES string of the molecule is C#Cc1ccc(OC2C(C)(C)C(NC(=O)c3ccc(N4CCC(CN5CCN(c6ccc(C(=O)NC7CCC(=O)NC7=O)cc6OC)CC5)CC4)cc3)C2(C)C)cc1OC. The standard InChI is InChI=1S/C47H58N6O7/c1-8-31-11-15-35(28-38(31)58-6)60-45-46(2,3)44(47(45,4)5)50-41(55)32-9-13-34(14-10-32)52-21-19-30(20-22-52)29-51-23-25-53(26-24-51)37-17-12-33(27-39(37)59-7)42(56)48-36-16-18-40(54)49-43(36)57/h1,9-15,17,27-28,30,36,44-45H,16,18-26,29H2,2-7H3,(H,48,56)(H,50,55)(H,49,54,57). The van der Waals surface area contributed by atoms with E-state index >= 15 is 0 Å². The summed E-state index contributed by atoms with van der Waals surface area (Å²) in [5.41, 5.74) is 3.14. The second kappa shape index (κ2) is 17.5. The van der Waals surface area contributed by atoms with E-state index in [-0.39, 0.29) is 53.5 Å². The number of hydrogen-bond acceptors (Lipinski definition) is 10. The van der Waals surface area contributed by atoms with Gasteiger partial charge in [-0.2, -0.15) is 0 Å². The van der Waals surface area contributed by atoms with Gasteiger partial charge in [0.1, 0.15) is 29.4 Å². The highest BCUT2D eigenvalue weighted by atomic mass is 16.5. The van der Waals surface area contributed by atoms with Crippen LogP contribution in [0.5, 0.6) is 17.2 Å². The number of piperazine rings is 1. The number of nitrogens with zero attached hydrogens (tertiary/aromatic N) is 3. The second-order valence-corrected chi connectivity index (χ2v) is 17.7. The molecule has 1 aliphatic carbocycles. The molecule has 3 N–H and O–H groups in total. The Bertz CT molecular complexity index is 2110. The number of rotatable bonds is 12.